The first kappa shape index (κ1) is 17.5. The number of hydroxylamine groups is 2. The van der Waals surface area contributed by atoms with Gasteiger partial charge in [-0.3, -0.25) is 0 Å². The Hall–Kier alpha value is 0.414. The molecule has 0 saturated heterocycles. The summed E-state index contributed by atoms with van der Waals surface area (Å²) in [5, 5.41) is 1.65. The molecule has 2 nitrogen and oxygen atoms in total. The average molecular weight is 203 g/mol. The van der Waals surface area contributed by atoms with Crippen LogP contribution in [0.3, 0.4) is 0 Å². The SMILES string of the molecule is [CH2-]CC.[CH2-]CN(C[CH2-])OC.[Ni+3]. The van der Waals surface area contributed by atoms with Crippen LogP contribution >= 0.6 is 0 Å². The maximum absolute atomic E-state index is 4.76. The van der Waals surface area contributed by atoms with Crippen LogP contribution in [0.15, 0.2) is 0 Å². The van der Waals surface area contributed by atoms with Crippen LogP contribution in [0.4, 0.5) is 0 Å². The smallest absolute Gasteiger partial charge is 0.344 e. The molecule has 0 fully saturated rings. The second-order valence-electron chi connectivity index (χ2n) is 1.61. The van der Waals surface area contributed by atoms with E-state index in [1.807, 2.05) is 6.92 Å². The molecule has 0 spiro atoms. The first-order chi connectivity index (χ1) is 4.76. The standard InChI is InChI=1S/C5H11NO.C3H7.Ni/c1-4-6(5-2)7-3;1-3-2;/h1-2,4-5H2,3H3;1,3H2,2H3;/q-2;-1;+3. The number of rotatable bonds is 3. The topological polar surface area (TPSA) is 12.5 Å². The van der Waals surface area contributed by atoms with Crippen LogP contribution in [-0.2, 0) is 21.3 Å². The van der Waals surface area contributed by atoms with Crippen molar-refractivity contribution in [3.8, 4) is 0 Å². The van der Waals surface area contributed by atoms with Gasteiger partial charge in [-0.15, -0.1) is 13.1 Å². The third-order valence-corrected chi connectivity index (χ3v) is 0.757. The molecule has 0 unspecified atom stereocenters. The Morgan fingerprint density at radius 1 is 1.18 bits per heavy atom. The molecule has 0 aromatic rings. The zero-order valence-corrected chi connectivity index (χ0v) is 8.40. The molecule has 3 heteroatoms. The van der Waals surface area contributed by atoms with Gasteiger partial charge < -0.3 is 25.6 Å². The van der Waals surface area contributed by atoms with E-state index < -0.39 is 0 Å². The van der Waals surface area contributed by atoms with Crippen LogP contribution in [0.5, 0.6) is 0 Å². The summed E-state index contributed by atoms with van der Waals surface area (Å²) in [6.07, 6.45) is 1.00. The van der Waals surface area contributed by atoms with Gasteiger partial charge in [-0.2, -0.15) is 6.42 Å². The summed E-state index contributed by atoms with van der Waals surface area (Å²) in [5.41, 5.74) is 0. The third kappa shape index (κ3) is 17.9. The molecule has 0 N–H and O–H groups in total. The van der Waals surface area contributed by atoms with Crippen molar-refractivity contribution in [2.75, 3.05) is 20.2 Å². The summed E-state index contributed by atoms with van der Waals surface area (Å²) in [5.74, 6) is 0. The van der Waals surface area contributed by atoms with E-state index in [2.05, 4.69) is 20.8 Å². The second-order valence-corrected chi connectivity index (χ2v) is 1.61. The molecule has 71 valence electrons. The average Bonchev–Trinajstić information content (AvgIpc) is 1.93. The molecule has 0 aliphatic rings. The van der Waals surface area contributed by atoms with Gasteiger partial charge in [0.25, 0.3) is 0 Å². The van der Waals surface area contributed by atoms with Gasteiger partial charge in [-0.25, -0.2) is 5.06 Å². The molecule has 1 radical (unpaired) electrons. The molecule has 0 amide bonds. The van der Waals surface area contributed by atoms with Gasteiger partial charge in [0.1, 0.15) is 0 Å². The largest absolute Gasteiger partial charge is 3.00 e. The number of hydrogen-bond donors (Lipinski definition) is 0. The Kier molecular flexibility index (Phi) is 26.7. The maximum atomic E-state index is 4.76. The molecule has 0 aliphatic heterocycles. The molecule has 0 saturated carbocycles. The molecule has 0 rings (SSSR count). The van der Waals surface area contributed by atoms with Gasteiger partial charge in [0.15, 0.2) is 0 Å². The fourth-order valence-electron chi connectivity index (χ4n) is 0.294. The van der Waals surface area contributed by atoms with Crippen molar-refractivity contribution >= 4 is 0 Å². The summed E-state index contributed by atoms with van der Waals surface area (Å²) >= 11 is 0. The van der Waals surface area contributed by atoms with E-state index in [0.717, 1.165) is 6.42 Å². The van der Waals surface area contributed by atoms with Crippen molar-refractivity contribution in [1.82, 2.24) is 5.06 Å². The van der Waals surface area contributed by atoms with Gasteiger partial charge in [0.2, 0.25) is 0 Å². The van der Waals surface area contributed by atoms with Crippen LogP contribution in [0.25, 0.3) is 0 Å². The summed E-state index contributed by atoms with van der Waals surface area (Å²) in [6, 6.07) is 0. The Morgan fingerprint density at radius 3 is 1.45 bits per heavy atom. The maximum Gasteiger partial charge on any atom is 3.00 e. The normalized spacial score (nSPS) is 8.18. The van der Waals surface area contributed by atoms with E-state index >= 15 is 0 Å². The van der Waals surface area contributed by atoms with E-state index in [1.165, 1.54) is 0 Å². The van der Waals surface area contributed by atoms with Crippen molar-refractivity contribution in [2.24, 2.45) is 0 Å². The zero-order chi connectivity index (χ0) is 8.41. The van der Waals surface area contributed by atoms with Crippen LogP contribution < -0.4 is 0 Å². The minimum absolute atomic E-state index is 0. The van der Waals surface area contributed by atoms with Gasteiger partial charge in [-0.1, -0.05) is 6.92 Å². The predicted octanol–water partition coefficient (Wildman–Crippen LogP) is 1.75. The molecule has 0 heterocycles. The van der Waals surface area contributed by atoms with Gasteiger partial charge >= 0.3 is 16.5 Å². The zero-order valence-electron chi connectivity index (χ0n) is 7.41. The van der Waals surface area contributed by atoms with E-state index in [0.29, 0.717) is 13.1 Å². The van der Waals surface area contributed by atoms with Crippen LogP contribution in [-0.4, -0.2) is 25.3 Å². The van der Waals surface area contributed by atoms with Crippen molar-refractivity contribution in [3.63, 3.8) is 0 Å². The summed E-state index contributed by atoms with van der Waals surface area (Å²) in [4.78, 5) is 4.76. The van der Waals surface area contributed by atoms with Crippen molar-refractivity contribution in [1.29, 1.82) is 0 Å². The molecule has 0 aliphatic carbocycles. The number of nitrogens with zero attached hydrogens (tertiary/aromatic N) is 1. The summed E-state index contributed by atoms with van der Waals surface area (Å²) < 4.78 is 0. The van der Waals surface area contributed by atoms with E-state index in [1.54, 1.807) is 12.2 Å². The molecule has 0 aromatic carbocycles. The van der Waals surface area contributed by atoms with Gasteiger partial charge in [0, 0.05) is 0 Å². The molecule has 11 heavy (non-hydrogen) atoms. The van der Waals surface area contributed by atoms with Crippen LogP contribution in [0, 0.1) is 20.8 Å². The second kappa shape index (κ2) is 16.8. The molecule has 0 bridgehead atoms. The summed E-state index contributed by atoms with van der Waals surface area (Å²) in [7, 11) is 1.61. The molecule has 0 aromatic heterocycles. The fraction of sp³-hybridized carbons (Fsp3) is 0.625. The predicted molar refractivity (Wildman–Crippen MR) is 44.9 cm³/mol. The van der Waals surface area contributed by atoms with E-state index in [-0.39, 0.29) is 16.5 Å². The van der Waals surface area contributed by atoms with Crippen molar-refractivity contribution < 1.29 is 21.3 Å². The van der Waals surface area contributed by atoms with Gasteiger partial charge in [0.05, 0.1) is 7.11 Å². The Labute approximate surface area is 81.2 Å². The Balaban J connectivity index is -0.000000140. The molecular weight excluding hydrogens is 185 g/mol. The molecular formula is C8H18NNiO. The molecule has 0 atom stereocenters. The van der Waals surface area contributed by atoms with E-state index in [9.17, 15) is 0 Å². The van der Waals surface area contributed by atoms with Crippen LogP contribution in [0.1, 0.15) is 13.3 Å². The monoisotopic (exact) mass is 202 g/mol. The third-order valence-electron chi connectivity index (χ3n) is 0.757. The first-order valence-corrected chi connectivity index (χ1v) is 3.43. The van der Waals surface area contributed by atoms with Crippen LogP contribution in [0.2, 0.25) is 0 Å². The minimum Gasteiger partial charge on any atom is -0.344 e. The minimum atomic E-state index is 0. The van der Waals surface area contributed by atoms with E-state index in [4.69, 9.17) is 4.84 Å². The Bertz CT molecular complexity index is 43.8. The quantitative estimate of drug-likeness (QED) is 0.393. The first-order valence-electron chi connectivity index (χ1n) is 3.43. The summed E-state index contributed by atoms with van der Waals surface area (Å²) in [6.45, 7) is 14.0. The number of hydrogen-bond acceptors (Lipinski definition) is 2. The fourth-order valence-corrected chi connectivity index (χ4v) is 0.294. The van der Waals surface area contributed by atoms with Gasteiger partial charge in [-0.05, 0) is 0 Å². The Morgan fingerprint density at radius 2 is 1.45 bits per heavy atom. The van der Waals surface area contributed by atoms with Crippen molar-refractivity contribution in [2.45, 2.75) is 13.3 Å². The van der Waals surface area contributed by atoms with Crippen molar-refractivity contribution in [3.05, 3.63) is 20.8 Å².